The summed E-state index contributed by atoms with van der Waals surface area (Å²) in [5.74, 6) is -0.278. The normalized spacial score (nSPS) is 15.5. The van der Waals surface area contributed by atoms with Crippen molar-refractivity contribution in [3.63, 3.8) is 0 Å². The van der Waals surface area contributed by atoms with Crippen LogP contribution in [0.15, 0.2) is 12.2 Å². The molecule has 2 N–H and O–H groups in total. The molecule has 0 aliphatic heterocycles. The number of esters is 1. The molecule has 110 valence electrons. The summed E-state index contributed by atoms with van der Waals surface area (Å²) in [5, 5.41) is 20.4. The van der Waals surface area contributed by atoms with Crippen molar-refractivity contribution in [3.8, 4) is 11.8 Å². The van der Waals surface area contributed by atoms with E-state index < -0.39 is 12.1 Å². The number of fused-ring (bicyclic) bond motifs is 1. The lowest BCUT2D eigenvalue weighted by molar-refractivity contribution is -0.144. The molecule has 0 amide bonds. The van der Waals surface area contributed by atoms with E-state index in [1.54, 1.807) is 13.8 Å². The van der Waals surface area contributed by atoms with Crippen molar-refractivity contribution >= 4 is 5.97 Å². The van der Waals surface area contributed by atoms with Crippen LogP contribution in [0.25, 0.3) is 0 Å². The number of aromatic nitrogens is 1. The molecule has 1 heterocycles. The van der Waals surface area contributed by atoms with Crippen LogP contribution in [0.1, 0.15) is 37.8 Å². The maximum absolute atomic E-state index is 11.5. The Kier molecular flexibility index (Phi) is 4.06. The summed E-state index contributed by atoms with van der Waals surface area (Å²) in [7, 11) is 0. The van der Waals surface area contributed by atoms with Crippen LogP contribution in [0.3, 0.4) is 0 Å². The third kappa shape index (κ3) is 2.66. The van der Waals surface area contributed by atoms with Crippen LogP contribution < -0.4 is 0 Å². The van der Waals surface area contributed by atoms with Crippen LogP contribution in [0.2, 0.25) is 0 Å². The number of aromatic hydroxyl groups is 2. The van der Waals surface area contributed by atoms with E-state index in [0.29, 0.717) is 5.57 Å². The van der Waals surface area contributed by atoms with Gasteiger partial charge in [0.2, 0.25) is 0 Å². The van der Waals surface area contributed by atoms with Crippen LogP contribution in [-0.2, 0) is 28.9 Å². The third-order valence-electron chi connectivity index (χ3n) is 3.62. The number of hydrogen-bond acceptors (Lipinski definition) is 4. The molecule has 0 spiro atoms. The predicted molar refractivity (Wildman–Crippen MR) is 74.8 cm³/mol. The first-order valence-corrected chi connectivity index (χ1v) is 6.90. The van der Waals surface area contributed by atoms with Gasteiger partial charge in [0.05, 0.1) is 6.54 Å². The molecule has 1 aliphatic carbocycles. The molecule has 1 atom stereocenters. The Morgan fingerprint density at radius 1 is 1.30 bits per heavy atom. The van der Waals surface area contributed by atoms with Crippen molar-refractivity contribution in [2.24, 2.45) is 0 Å². The van der Waals surface area contributed by atoms with Gasteiger partial charge in [-0.25, -0.2) is 4.79 Å². The van der Waals surface area contributed by atoms with Gasteiger partial charge in [-0.2, -0.15) is 0 Å². The highest BCUT2D eigenvalue weighted by Crippen LogP contribution is 2.38. The molecule has 5 heteroatoms. The van der Waals surface area contributed by atoms with Crippen molar-refractivity contribution in [2.45, 2.75) is 52.2 Å². The molecule has 0 radical (unpaired) electrons. The zero-order valence-corrected chi connectivity index (χ0v) is 12.0. The zero-order valence-electron chi connectivity index (χ0n) is 12.0. The van der Waals surface area contributed by atoms with Crippen molar-refractivity contribution in [2.75, 3.05) is 0 Å². The molecule has 1 aromatic rings. The van der Waals surface area contributed by atoms with Gasteiger partial charge in [0, 0.05) is 16.7 Å². The van der Waals surface area contributed by atoms with E-state index in [1.807, 2.05) is 0 Å². The minimum atomic E-state index is -0.464. The Balaban J connectivity index is 2.15. The number of nitrogens with zero attached hydrogens (tertiary/aromatic N) is 1. The van der Waals surface area contributed by atoms with E-state index >= 15 is 0 Å². The zero-order chi connectivity index (χ0) is 14.9. The first kappa shape index (κ1) is 14.5. The Morgan fingerprint density at radius 3 is 2.25 bits per heavy atom. The summed E-state index contributed by atoms with van der Waals surface area (Å²) in [6, 6.07) is 0. The molecule has 0 bridgehead atoms. The van der Waals surface area contributed by atoms with Crippen LogP contribution >= 0.6 is 0 Å². The number of ether oxygens (including phenoxy) is 1. The Bertz CT molecular complexity index is 515. The molecule has 1 unspecified atom stereocenters. The van der Waals surface area contributed by atoms with E-state index in [2.05, 4.69) is 6.58 Å². The molecule has 0 aromatic carbocycles. The van der Waals surface area contributed by atoms with E-state index in [4.69, 9.17) is 4.74 Å². The minimum Gasteiger partial charge on any atom is -0.494 e. The molecule has 2 rings (SSSR count). The quantitative estimate of drug-likeness (QED) is 0.655. The SMILES string of the molecule is C=C(C)C(=O)OC(C)Cn1c(O)c2c(c1O)CCCC2. The molecule has 0 saturated heterocycles. The fourth-order valence-corrected chi connectivity index (χ4v) is 2.58. The Hall–Kier alpha value is -1.91. The van der Waals surface area contributed by atoms with Gasteiger partial charge >= 0.3 is 5.97 Å². The van der Waals surface area contributed by atoms with Gasteiger partial charge < -0.3 is 14.9 Å². The Morgan fingerprint density at radius 2 is 1.80 bits per heavy atom. The van der Waals surface area contributed by atoms with Gasteiger partial charge in [-0.05, 0) is 39.5 Å². The summed E-state index contributed by atoms with van der Waals surface area (Å²) in [5.41, 5.74) is 1.98. The van der Waals surface area contributed by atoms with Crippen molar-refractivity contribution < 1.29 is 19.7 Å². The summed E-state index contributed by atoms with van der Waals surface area (Å²) < 4.78 is 6.60. The fraction of sp³-hybridized carbons (Fsp3) is 0.533. The molecular weight excluding hydrogens is 258 g/mol. The van der Waals surface area contributed by atoms with E-state index in [1.165, 1.54) is 4.57 Å². The topological polar surface area (TPSA) is 71.7 Å². The number of rotatable bonds is 4. The van der Waals surface area contributed by atoms with Gasteiger partial charge in [-0.1, -0.05) is 6.58 Å². The Labute approximate surface area is 118 Å². The maximum Gasteiger partial charge on any atom is 0.333 e. The maximum atomic E-state index is 11.5. The number of carbonyl (C=O) groups excluding carboxylic acids is 1. The molecular formula is C15H21NO4. The molecule has 1 aliphatic rings. The number of hydrogen-bond donors (Lipinski definition) is 2. The molecule has 1 aromatic heterocycles. The van der Waals surface area contributed by atoms with Crippen LogP contribution in [-0.4, -0.2) is 26.9 Å². The second kappa shape index (κ2) is 5.61. The van der Waals surface area contributed by atoms with E-state index in [-0.39, 0.29) is 18.3 Å². The van der Waals surface area contributed by atoms with Crippen LogP contribution in [0.4, 0.5) is 0 Å². The lowest BCUT2D eigenvalue weighted by atomic mass is 9.95. The van der Waals surface area contributed by atoms with Crippen LogP contribution in [0, 0.1) is 0 Å². The first-order valence-electron chi connectivity index (χ1n) is 6.90. The highest BCUT2D eigenvalue weighted by atomic mass is 16.5. The largest absolute Gasteiger partial charge is 0.494 e. The van der Waals surface area contributed by atoms with Gasteiger partial charge in [-0.3, -0.25) is 4.57 Å². The lowest BCUT2D eigenvalue weighted by Gasteiger charge is -2.15. The summed E-state index contributed by atoms with van der Waals surface area (Å²) in [4.78, 5) is 11.5. The van der Waals surface area contributed by atoms with Crippen molar-refractivity contribution in [1.29, 1.82) is 0 Å². The third-order valence-corrected chi connectivity index (χ3v) is 3.62. The second-order valence-electron chi connectivity index (χ2n) is 5.42. The van der Waals surface area contributed by atoms with E-state index in [0.717, 1.165) is 36.8 Å². The minimum absolute atomic E-state index is 0.0930. The smallest absolute Gasteiger partial charge is 0.333 e. The van der Waals surface area contributed by atoms with Gasteiger partial charge in [-0.15, -0.1) is 0 Å². The standard InChI is InChI=1S/C15H21NO4/c1-9(2)15(19)20-10(3)8-16-13(17)11-6-4-5-7-12(11)14(16)18/h10,17-18H,1,4-8H2,2-3H3. The van der Waals surface area contributed by atoms with Gasteiger partial charge in [0.15, 0.2) is 11.8 Å². The van der Waals surface area contributed by atoms with Gasteiger partial charge in [0.1, 0.15) is 6.10 Å². The average Bonchev–Trinajstić information content (AvgIpc) is 2.64. The number of carbonyl (C=O) groups is 1. The first-order chi connectivity index (χ1) is 9.41. The van der Waals surface area contributed by atoms with Crippen molar-refractivity contribution in [1.82, 2.24) is 4.57 Å². The molecule has 0 saturated carbocycles. The van der Waals surface area contributed by atoms with Gasteiger partial charge in [0.25, 0.3) is 0 Å². The molecule has 0 fully saturated rings. The van der Waals surface area contributed by atoms with Crippen LogP contribution in [0.5, 0.6) is 11.8 Å². The highest BCUT2D eigenvalue weighted by molar-refractivity contribution is 5.87. The lowest BCUT2D eigenvalue weighted by Crippen LogP contribution is -2.20. The summed E-state index contributed by atoms with van der Waals surface area (Å²) in [6.07, 6.45) is 3.14. The summed E-state index contributed by atoms with van der Waals surface area (Å²) in [6.45, 7) is 7.05. The average molecular weight is 279 g/mol. The van der Waals surface area contributed by atoms with E-state index in [9.17, 15) is 15.0 Å². The second-order valence-corrected chi connectivity index (χ2v) is 5.42. The fourth-order valence-electron chi connectivity index (χ4n) is 2.58. The molecule has 20 heavy (non-hydrogen) atoms. The van der Waals surface area contributed by atoms with Crippen molar-refractivity contribution in [3.05, 3.63) is 23.3 Å². The monoisotopic (exact) mass is 279 g/mol. The summed E-state index contributed by atoms with van der Waals surface area (Å²) >= 11 is 0. The predicted octanol–water partition coefficient (Wildman–Crippen LogP) is 2.29. The highest BCUT2D eigenvalue weighted by Gasteiger charge is 2.25. The molecule has 5 nitrogen and oxygen atoms in total.